The van der Waals surface area contributed by atoms with Crippen molar-refractivity contribution in [3.05, 3.63) is 81.7 Å². The van der Waals surface area contributed by atoms with Crippen molar-refractivity contribution in [2.45, 2.75) is 25.9 Å². The highest BCUT2D eigenvalue weighted by molar-refractivity contribution is 5.99. The molecule has 0 fully saturated rings. The molecule has 0 saturated carbocycles. The summed E-state index contributed by atoms with van der Waals surface area (Å²) in [6.45, 7) is 2.98. The molecule has 2 aromatic carbocycles. The van der Waals surface area contributed by atoms with Crippen LogP contribution < -0.4 is 19.6 Å². The van der Waals surface area contributed by atoms with Gasteiger partial charge in [0.1, 0.15) is 5.58 Å². The van der Waals surface area contributed by atoms with Crippen molar-refractivity contribution in [2.75, 3.05) is 27.9 Å². The molecule has 1 amide bonds. The molecule has 9 heteroatoms. The Bertz CT molecular complexity index is 1470. The number of carbonyl (C=O) groups is 1. The van der Waals surface area contributed by atoms with Gasteiger partial charge < -0.3 is 28.1 Å². The third-order valence-corrected chi connectivity index (χ3v) is 6.50. The van der Waals surface area contributed by atoms with E-state index in [9.17, 15) is 9.59 Å². The van der Waals surface area contributed by atoms with E-state index < -0.39 is 6.04 Å². The normalized spacial score (nSPS) is 14.8. The molecule has 0 bridgehead atoms. The minimum Gasteiger partial charge on any atom is -0.493 e. The monoisotopic (exact) mass is 489 g/mol. The van der Waals surface area contributed by atoms with E-state index in [1.807, 2.05) is 23.8 Å². The first-order valence-electron chi connectivity index (χ1n) is 11.6. The van der Waals surface area contributed by atoms with Crippen molar-refractivity contribution in [1.29, 1.82) is 0 Å². The third kappa shape index (κ3) is 3.86. The summed E-state index contributed by atoms with van der Waals surface area (Å²) in [7, 11) is 4.59. The smallest absolute Gasteiger partial charge is 0.290 e. The number of imidazole rings is 1. The molecule has 0 saturated heterocycles. The average molecular weight is 490 g/mol. The van der Waals surface area contributed by atoms with Crippen molar-refractivity contribution in [1.82, 2.24) is 14.5 Å². The lowest BCUT2D eigenvalue weighted by molar-refractivity contribution is 0.0723. The SMILES string of the molecule is COc1cc([C@H]2c3c(oc4ccc(C)cc4c3=O)C(=O)N2CCCn2ccnc2)cc(OC)c1OC. The molecule has 0 unspecified atom stereocenters. The van der Waals surface area contributed by atoms with Crippen LogP contribution in [-0.4, -0.2) is 48.2 Å². The number of rotatable bonds is 8. The van der Waals surface area contributed by atoms with Gasteiger partial charge >= 0.3 is 0 Å². The maximum Gasteiger partial charge on any atom is 0.290 e. The Morgan fingerprint density at radius 1 is 1.00 bits per heavy atom. The van der Waals surface area contributed by atoms with Gasteiger partial charge in [0.2, 0.25) is 11.5 Å². The van der Waals surface area contributed by atoms with Gasteiger partial charge in [-0.2, -0.15) is 0 Å². The number of methoxy groups -OCH3 is 3. The predicted molar refractivity (Wildman–Crippen MR) is 133 cm³/mol. The molecule has 36 heavy (non-hydrogen) atoms. The zero-order valence-corrected chi connectivity index (χ0v) is 20.6. The second-order valence-electron chi connectivity index (χ2n) is 8.69. The fraction of sp³-hybridized carbons (Fsp3) is 0.296. The van der Waals surface area contributed by atoms with Crippen LogP contribution in [0, 0.1) is 6.92 Å². The number of fused-ring (bicyclic) bond motifs is 2. The lowest BCUT2D eigenvalue weighted by Gasteiger charge is -2.26. The lowest BCUT2D eigenvalue weighted by atomic mass is 9.97. The minimum absolute atomic E-state index is 0.0673. The first kappa shape index (κ1) is 23.5. The topological polar surface area (TPSA) is 96.0 Å². The van der Waals surface area contributed by atoms with Crippen LogP contribution in [0.5, 0.6) is 17.2 Å². The van der Waals surface area contributed by atoms with E-state index in [4.69, 9.17) is 18.6 Å². The van der Waals surface area contributed by atoms with Crippen LogP contribution in [-0.2, 0) is 6.54 Å². The fourth-order valence-corrected chi connectivity index (χ4v) is 4.81. The van der Waals surface area contributed by atoms with E-state index in [2.05, 4.69) is 4.98 Å². The molecule has 1 atom stereocenters. The Labute approximate surface area is 207 Å². The fourth-order valence-electron chi connectivity index (χ4n) is 4.81. The van der Waals surface area contributed by atoms with Gasteiger partial charge in [-0.25, -0.2) is 4.98 Å². The summed E-state index contributed by atoms with van der Waals surface area (Å²) in [5, 5.41) is 0.444. The number of hydrogen-bond acceptors (Lipinski definition) is 7. The zero-order chi connectivity index (χ0) is 25.4. The second kappa shape index (κ2) is 9.41. The summed E-state index contributed by atoms with van der Waals surface area (Å²) in [5.74, 6) is 1.05. The molecule has 3 heterocycles. The van der Waals surface area contributed by atoms with Gasteiger partial charge in [-0.05, 0) is 43.2 Å². The van der Waals surface area contributed by atoms with Gasteiger partial charge in [0, 0.05) is 25.5 Å². The summed E-state index contributed by atoms with van der Waals surface area (Å²) in [4.78, 5) is 33.2. The van der Waals surface area contributed by atoms with Crippen molar-refractivity contribution in [3.63, 3.8) is 0 Å². The van der Waals surface area contributed by atoms with E-state index >= 15 is 0 Å². The second-order valence-corrected chi connectivity index (χ2v) is 8.69. The summed E-state index contributed by atoms with van der Waals surface area (Å²) in [5.41, 5.74) is 2.08. The number of hydrogen-bond donors (Lipinski definition) is 0. The molecule has 1 aliphatic rings. The Morgan fingerprint density at radius 3 is 2.39 bits per heavy atom. The van der Waals surface area contributed by atoms with Crippen LogP contribution in [0.1, 0.15) is 39.7 Å². The largest absolute Gasteiger partial charge is 0.493 e. The van der Waals surface area contributed by atoms with E-state index in [-0.39, 0.29) is 17.1 Å². The maximum absolute atomic E-state index is 13.8. The quantitative estimate of drug-likeness (QED) is 0.370. The molecule has 186 valence electrons. The van der Waals surface area contributed by atoms with E-state index in [1.165, 1.54) is 21.3 Å². The molecule has 1 aliphatic heterocycles. The maximum atomic E-state index is 13.8. The number of nitrogens with zero attached hydrogens (tertiary/aromatic N) is 3. The highest BCUT2D eigenvalue weighted by atomic mass is 16.5. The number of benzene rings is 2. The highest BCUT2D eigenvalue weighted by Gasteiger charge is 2.43. The minimum atomic E-state index is -0.676. The van der Waals surface area contributed by atoms with Crippen LogP contribution >= 0.6 is 0 Å². The molecular formula is C27H27N3O6. The van der Waals surface area contributed by atoms with Gasteiger partial charge in [-0.15, -0.1) is 0 Å². The average Bonchev–Trinajstić information content (AvgIpc) is 3.50. The molecule has 0 N–H and O–H groups in total. The van der Waals surface area contributed by atoms with E-state index in [1.54, 1.807) is 41.7 Å². The molecule has 9 nitrogen and oxygen atoms in total. The summed E-state index contributed by atoms with van der Waals surface area (Å²) >= 11 is 0. The molecule has 0 radical (unpaired) electrons. The van der Waals surface area contributed by atoms with Crippen LogP contribution in [0.4, 0.5) is 0 Å². The Balaban J connectivity index is 1.67. The number of aryl methyl sites for hydroxylation is 2. The summed E-state index contributed by atoms with van der Waals surface area (Å²) < 4.78 is 24.6. The molecule has 2 aromatic heterocycles. The Morgan fingerprint density at radius 2 is 1.75 bits per heavy atom. The van der Waals surface area contributed by atoms with Gasteiger partial charge in [-0.3, -0.25) is 9.59 Å². The van der Waals surface area contributed by atoms with E-state index in [0.29, 0.717) is 58.9 Å². The molecule has 5 rings (SSSR count). The van der Waals surface area contributed by atoms with Crippen molar-refractivity contribution < 1.29 is 23.4 Å². The molecule has 4 aromatic rings. The van der Waals surface area contributed by atoms with Gasteiger partial charge in [0.05, 0.1) is 44.6 Å². The molecule has 0 spiro atoms. The van der Waals surface area contributed by atoms with Crippen molar-refractivity contribution >= 4 is 16.9 Å². The number of aromatic nitrogens is 2. The first-order chi connectivity index (χ1) is 17.5. The van der Waals surface area contributed by atoms with Crippen molar-refractivity contribution in [3.8, 4) is 17.2 Å². The standard InChI is InChI=1S/C27H27N3O6/c1-16-6-7-19-18(12-16)24(31)22-23(17-13-20(33-2)25(35-4)21(14-17)34-3)30(27(32)26(22)36-19)10-5-9-29-11-8-28-15-29/h6-8,11-15,23H,5,9-10H2,1-4H3/t23-/m0/s1. The summed E-state index contributed by atoms with van der Waals surface area (Å²) in [6, 6.07) is 8.26. The Kier molecular flexibility index (Phi) is 6.13. The van der Waals surface area contributed by atoms with Crippen LogP contribution in [0.15, 0.2) is 58.3 Å². The lowest BCUT2D eigenvalue weighted by Crippen LogP contribution is -2.31. The van der Waals surface area contributed by atoms with Crippen LogP contribution in [0.3, 0.4) is 0 Å². The van der Waals surface area contributed by atoms with Gasteiger partial charge in [0.15, 0.2) is 16.9 Å². The molecular weight excluding hydrogens is 462 g/mol. The summed E-state index contributed by atoms with van der Waals surface area (Å²) in [6.07, 6.45) is 5.98. The first-order valence-corrected chi connectivity index (χ1v) is 11.6. The van der Waals surface area contributed by atoms with Crippen LogP contribution in [0.2, 0.25) is 0 Å². The van der Waals surface area contributed by atoms with Gasteiger partial charge in [0.25, 0.3) is 5.91 Å². The third-order valence-electron chi connectivity index (χ3n) is 6.50. The van der Waals surface area contributed by atoms with Crippen LogP contribution in [0.25, 0.3) is 11.0 Å². The van der Waals surface area contributed by atoms with Crippen molar-refractivity contribution in [2.24, 2.45) is 0 Å². The number of carbonyl (C=O) groups excluding carboxylic acids is 1. The molecule has 0 aliphatic carbocycles. The highest BCUT2D eigenvalue weighted by Crippen LogP contribution is 2.45. The number of amides is 1. The van der Waals surface area contributed by atoms with Gasteiger partial charge in [-0.1, -0.05) is 11.6 Å². The Hall–Kier alpha value is -4.27. The number of ether oxygens (including phenoxy) is 3. The zero-order valence-electron chi connectivity index (χ0n) is 20.6. The van der Waals surface area contributed by atoms with E-state index in [0.717, 1.165) is 5.56 Å². The predicted octanol–water partition coefficient (Wildman–Crippen LogP) is 3.96.